The van der Waals surface area contributed by atoms with Gasteiger partial charge in [-0.2, -0.15) is 5.10 Å². The zero-order valence-electron chi connectivity index (χ0n) is 6.35. The molecule has 12 heavy (non-hydrogen) atoms. The summed E-state index contributed by atoms with van der Waals surface area (Å²) in [6.45, 7) is 0.942. The van der Waals surface area contributed by atoms with Crippen molar-refractivity contribution in [1.29, 1.82) is 0 Å². The van der Waals surface area contributed by atoms with Gasteiger partial charge in [0, 0.05) is 6.20 Å². The van der Waals surface area contributed by atoms with Crippen molar-refractivity contribution in [2.24, 2.45) is 0 Å². The second-order valence-electron chi connectivity index (χ2n) is 2.81. The monoisotopic (exact) mass is 232 g/mol. The summed E-state index contributed by atoms with van der Waals surface area (Å²) in [5.41, 5.74) is 0. The van der Waals surface area contributed by atoms with Crippen LogP contribution in [0.3, 0.4) is 0 Å². The van der Waals surface area contributed by atoms with Gasteiger partial charge in [-0.3, -0.25) is 4.68 Å². The molecule has 0 bridgehead atoms. The third-order valence-corrected chi connectivity index (χ3v) is 2.34. The van der Waals surface area contributed by atoms with Gasteiger partial charge in [-0.05, 0) is 15.9 Å². The predicted molar refractivity (Wildman–Crippen MR) is 45.8 cm³/mol. The lowest BCUT2D eigenvalue weighted by molar-refractivity contribution is 0.118. The van der Waals surface area contributed by atoms with Crippen molar-refractivity contribution >= 4 is 15.9 Å². The summed E-state index contributed by atoms with van der Waals surface area (Å²) in [4.78, 5) is 0. The van der Waals surface area contributed by atoms with Gasteiger partial charge in [0.1, 0.15) is 12.1 Å². The Morgan fingerprint density at radius 3 is 3.00 bits per heavy atom. The van der Waals surface area contributed by atoms with Crippen LogP contribution in [0.15, 0.2) is 16.9 Å². The van der Waals surface area contributed by atoms with E-state index in [2.05, 4.69) is 21.0 Å². The highest BCUT2D eigenvalue weighted by molar-refractivity contribution is 9.10. The van der Waals surface area contributed by atoms with Gasteiger partial charge < -0.3 is 9.84 Å². The van der Waals surface area contributed by atoms with Gasteiger partial charge in [-0.15, -0.1) is 0 Å². The molecule has 2 heterocycles. The zero-order valence-corrected chi connectivity index (χ0v) is 7.94. The lowest BCUT2D eigenvalue weighted by Gasteiger charge is -2.11. The van der Waals surface area contributed by atoms with Gasteiger partial charge in [-0.1, -0.05) is 0 Å². The van der Waals surface area contributed by atoms with Crippen LogP contribution in [0.2, 0.25) is 0 Å². The highest BCUT2D eigenvalue weighted by Crippen LogP contribution is 2.20. The summed E-state index contributed by atoms with van der Waals surface area (Å²) in [6, 6.07) is -0.0312. The third-order valence-electron chi connectivity index (χ3n) is 1.93. The summed E-state index contributed by atoms with van der Waals surface area (Å²) in [5.74, 6) is 0. The smallest absolute Gasteiger partial charge is 0.103 e. The highest BCUT2D eigenvalue weighted by Gasteiger charge is 2.28. The summed E-state index contributed by atoms with van der Waals surface area (Å²) in [5, 5.41) is 13.5. The molecular weight excluding hydrogens is 224 g/mol. The van der Waals surface area contributed by atoms with E-state index in [1.165, 1.54) is 0 Å². The average Bonchev–Trinajstić information content (AvgIpc) is 2.58. The molecule has 2 atom stereocenters. The Bertz CT molecular complexity index is 276. The molecular formula is C7H9BrN2O2. The third kappa shape index (κ3) is 1.39. The maximum absolute atomic E-state index is 9.45. The van der Waals surface area contributed by atoms with Gasteiger partial charge in [-0.25, -0.2) is 0 Å². The zero-order chi connectivity index (χ0) is 8.55. The molecule has 2 rings (SSSR count). The molecule has 0 radical (unpaired) electrons. The second-order valence-corrected chi connectivity index (χ2v) is 3.73. The number of halogens is 1. The van der Waals surface area contributed by atoms with Crippen molar-refractivity contribution in [1.82, 2.24) is 9.78 Å². The van der Waals surface area contributed by atoms with E-state index in [1.807, 2.05) is 6.20 Å². The van der Waals surface area contributed by atoms with Crippen LogP contribution in [0.25, 0.3) is 0 Å². The van der Waals surface area contributed by atoms with Gasteiger partial charge in [0.2, 0.25) is 0 Å². The number of ether oxygens (including phenoxy) is 1. The SMILES string of the molecule is O[C@@H]1COC[C@@H]1n1cc(Br)cn1. The average molecular weight is 233 g/mol. The first kappa shape index (κ1) is 8.22. The Morgan fingerprint density at radius 1 is 1.67 bits per heavy atom. The van der Waals surface area contributed by atoms with Crippen LogP contribution in [0.1, 0.15) is 6.04 Å². The fraction of sp³-hybridized carbons (Fsp3) is 0.571. The Labute approximate surface area is 78.3 Å². The fourth-order valence-corrected chi connectivity index (χ4v) is 1.58. The van der Waals surface area contributed by atoms with Gasteiger partial charge in [0.15, 0.2) is 0 Å². The minimum absolute atomic E-state index is 0.0312. The molecule has 0 aromatic carbocycles. The van der Waals surface area contributed by atoms with E-state index in [9.17, 15) is 5.11 Å². The van der Waals surface area contributed by atoms with Crippen molar-refractivity contribution < 1.29 is 9.84 Å². The molecule has 0 amide bonds. The first-order chi connectivity index (χ1) is 5.77. The van der Waals surface area contributed by atoms with Crippen molar-refractivity contribution in [3.05, 3.63) is 16.9 Å². The highest BCUT2D eigenvalue weighted by atomic mass is 79.9. The molecule has 1 aliphatic heterocycles. The lowest BCUT2D eigenvalue weighted by Crippen LogP contribution is -2.22. The molecule has 1 aromatic heterocycles. The first-order valence-electron chi connectivity index (χ1n) is 3.73. The fourth-order valence-electron chi connectivity index (χ4n) is 1.28. The number of aromatic nitrogens is 2. The van der Waals surface area contributed by atoms with Gasteiger partial charge in [0.25, 0.3) is 0 Å². The number of aliphatic hydroxyl groups excluding tert-OH is 1. The van der Waals surface area contributed by atoms with Crippen molar-refractivity contribution in [2.75, 3.05) is 13.2 Å². The minimum atomic E-state index is -0.434. The Hall–Kier alpha value is -0.390. The lowest BCUT2D eigenvalue weighted by atomic mass is 10.2. The molecule has 66 valence electrons. The summed E-state index contributed by atoms with van der Waals surface area (Å²) >= 11 is 3.29. The van der Waals surface area contributed by atoms with Crippen molar-refractivity contribution in [2.45, 2.75) is 12.1 Å². The number of nitrogens with zero attached hydrogens (tertiary/aromatic N) is 2. The molecule has 0 aliphatic carbocycles. The van der Waals surface area contributed by atoms with Crippen LogP contribution in [0, 0.1) is 0 Å². The summed E-state index contributed by atoms with van der Waals surface area (Å²) in [7, 11) is 0. The predicted octanol–water partition coefficient (Wildman–Crippen LogP) is 0.578. The van der Waals surface area contributed by atoms with E-state index in [4.69, 9.17) is 4.74 Å². The molecule has 0 spiro atoms. The van der Waals surface area contributed by atoms with Crippen LogP contribution in [0.5, 0.6) is 0 Å². The van der Waals surface area contributed by atoms with E-state index >= 15 is 0 Å². The standard InChI is InChI=1S/C7H9BrN2O2/c8-5-1-9-10(2-5)6-3-12-4-7(6)11/h1-2,6-7,11H,3-4H2/t6-,7+/m0/s1. The molecule has 0 unspecified atom stereocenters. The van der Waals surface area contributed by atoms with Crippen molar-refractivity contribution in [3.63, 3.8) is 0 Å². The topological polar surface area (TPSA) is 47.3 Å². The van der Waals surface area contributed by atoms with Crippen LogP contribution in [-0.2, 0) is 4.74 Å². The molecule has 1 saturated heterocycles. The van der Waals surface area contributed by atoms with Crippen LogP contribution in [0.4, 0.5) is 0 Å². The summed E-state index contributed by atoms with van der Waals surface area (Å²) in [6.07, 6.45) is 3.10. The van der Waals surface area contributed by atoms with E-state index in [1.54, 1.807) is 10.9 Å². The van der Waals surface area contributed by atoms with Crippen LogP contribution >= 0.6 is 15.9 Å². The van der Waals surface area contributed by atoms with Crippen LogP contribution < -0.4 is 0 Å². The number of rotatable bonds is 1. The van der Waals surface area contributed by atoms with E-state index in [0.717, 1.165) is 4.47 Å². The Balaban J connectivity index is 2.19. The molecule has 1 N–H and O–H groups in total. The molecule has 4 nitrogen and oxygen atoms in total. The largest absolute Gasteiger partial charge is 0.388 e. The maximum Gasteiger partial charge on any atom is 0.103 e. The van der Waals surface area contributed by atoms with Crippen molar-refractivity contribution in [3.8, 4) is 0 Å². The number of hydrogen-bond acceptors (Lipinski definition) is 3. The Morgan fingerprint density at radius 2 is 2.50 bits per heavy atom. The number of hydrogen-bond donors (Lipinski definition) is 1. The molecule has 0 saturated carbocycles. The van der Waals surface area contributed by atoms with E-state index < -0.39 is 6.10 Å². The molecule has 1 aromatic rings. The molecule has 5 heteroatoms. The Kier molecular flexibility index (Phi) is 2.16. The normalized spacial score (nSPS) is 29.5. The summed E-state index contributed by atoms with van der Waals surface area (Å²) < 4.78 is 7.75. The number of aliphatic hydroxyl groups is 1. The molecule has 1 fully saturated rings. The van der Waals surface area contributed by atoms with Gasteiger partial charge >= 0.3 is 0 Å². The maximum atomic E-state index is 9.45. The quantitative estimate of drug-likeness (QED) is 0.771. The van der Waals surface area contributed by atoms with Gasteiger partial charge in [0.05, 0.1) is 23.9 Å². The van der Waals surface area contributed by atoms with E-state index in [-0.39, 0.29) is 6.04 Å². The molecule has 1 aliphatic rings. The van der Waals surface area contributed by atoms with Crippen LogP contribution in [-0.4, -0.2) is 34.2 Å². The first-order valence-corrected chi connectivity index (χ1v) is 4.52. The minimum Gasteiger partial charge on any atom is -0.388 e. The van der Waals surface area contributed by atoms with E-state index in [0.29, 0.717) is 13.2 Å². The second kappa shape index (κ2) is 3.16.